The van der Waals surface area contributed by atoms with E-state index in [0.29, 0.717) is 24.2 Å². The molecule has 3 aromatic carbocycles. The first-order valence-corrected chi connectivity index (χ1v) is 11.3. The highest BCUT2D eigenvalue weighted by molar-refractivity contribution is 6.07. The van der Waals surface area contributed by atoms with E-state index in [1.165, 1.54) is 0 Å². The summed E-state index contributed by atoms with van der Waals surface area (Å²) in [6.07, 6.45) is 0.921. The zero-order valence-corrected chi connectivity index (χ0v) is 19.6. The maximum atomic E-state index is 13.5. The van der Waals surface area contributed by atoms with Crippen molar-refractivity contribution in [3.63, 3.8) is 0 Å². The number of nitrogens with zero attached hydrogens (tertiary/aromatic N) is 3. The lowest BCUT2D eigenvalue weighted by Gasteiger charge is -2.43. The molecule has 1 heterocycles. The third-order valence-electron chi connectivity index (χ3n) is 6.26. The monoisotopic (exact) mass is 453 g/mol. The second-order valence-corrected chi connectivity index (χ2v) is 8.45. The summed E-state index contributed by atoms with van der Waals surface area (Å²) < 4.78 is 5.22. The molecule has 0 fully saturated rings. The molecule has 1 aliphatic rings. The van der Waals surface area contributed by atoms with Crippen LogP contribution >= 0.6 is 0 Å². The number of rotatable bonds is 5. The zero-order valence-electron chi connectivity index (χ0n) is 19.6. The van der Waals surface area contributed by atoms with Crippen molar-refractivity contribution in [2.24, 2.45) is 0 Å². The van der Waals surface area contributed by atoms with Crippen LogP contribution in [0.15, 0.2) is 72.8 Å². The molecule has 0 bridgehead atoms. The normalized spacial score (nSPS) is 16.8. The first-order valence-electron chi connectivity index (χ1n) is 11.3. The van der Waals surface area contributed by atoms with Crippen molar-refractivity contribution >= 4 is 23.2 Å². The minimum Gasteiger partial charge on any atom is -0.497 e. The number of benzene rings is 3. The molecule has 1 aliphatic heterocycles. The van der Waals surface area contributed by atoms with Crippen LogP contribution in [0, 0.1) is 11.3 Å². The maximum absolute atomic E-state index is 13.5. The molecule has 6 heteroatoms. The molecule has 2 atom stereocenters. The van der Waals surface area contributed by atoms with E-state index in [2.05, 4.69) is 6.07 Å². The van der Waals surface area contributed by atoms with Crippen LogP contribution in [0.3, 0.4) is 0 Å². The molecule has 6 nitrogen and oxygen atoms in total. The van der Waals surface area contributed by atoms with Crippen molar-refractivity contribution in [1.29, 1.82) is 5.26 Å². The van der Waals surface area contributed by atoms with E-state index in [-0.39, 0.29) is 23.9 Å². The molecule has 4 rings (SSSR count). The Morgan fingerprint density at radius 1 is 1.06 bits per heavy atom. The van der Waals surface area contributed by atoms with Crippen LogP contribution in [0.2, 0.25) is 0 Å². The highest BCUT2D eigenvalue weighted by atomic mass is 16.5. The Hall–Kier alpha value is -4.11. The molecule has 0 saturated carbocycles. The van der Waals surface area contributed by atoms with Crippen molar-refractivity contribution in [1.82, 2.24) is 0 Å². The Morgan fingerprint density at radius 3 is 2.35 bits per heavy atom. The number of amides is 2. The van der Waals surface area contributed by atoms with Crippen LogP contribution in [0.25, 0.3) is 0 Å². The van der Waals surface area contributed by atoms with Crippen molar-refractivity contribution in [2.45, 2.75) is 38.8 Å². The smallest absolute Gasteiger partial charge is 0.258 e. The fourth-order valence-corrected chi connectivity index (χ4v) is 4.66. The molecule has 0 aromatic heterocycles. The first kappa shape index (κ1) is 23.1. The van der Waals surface area contributed by atoms with Crippen LogP contribution in [-0.4, -0.2) is 25.0 Å². The summed E-state index contributed by atoms with van der Waals surface area (Å²) in [5, 5.41) is 8.95. The topological polar surface area (TPSA) is 73.6 Å². The summed E-state index contributed by atoms with van der Waals surface area (Å²) in [5.41, 5.74) is 4.00. The van der Waals surface area contributed by atoms with E-state index in [1.54, 1.807) is 43.2 Å². The van der Waals surface area contributed by atoms with Gasteiger partial charge in [-0.05, 0) is 66.9 Å². The Kier molecular flexibility index (Phi) is 6.65. The Labute approximate surface area is 200 Å². The number of para-hydroxylation sites is 1. The van der Waals surface area contributed by atoms with Gasteiger partial charge in [-0.15, -0.1) is 0 Å². The molecule has 0 radical (unpaired) electrons. The van der Waals surface area contributed by atoms with E-state index in [9.17, 15) is 9.59 Å². The van der Waals surface area contributed by atoms with Crippen LogP contribution in [0.1, 0.15) is 47.8 Å². The number of nitriles is 1. The summed E-state index contributed by atoms with van der Waals surface area (Å²) in [5.74, 6) is 0.535. The first-order chi connectivity index (χ1) is 16.4. The maximum Gasteiger partial charge on any atom is 0.258 e. The summed E-state index contributed by atoms with van der Waals surface area (Å²) in [4.78, 5) is 30.0. The quantitative estimate of drug-likeness (QED) is 0.526. The van der Waals surface area contributed by atoms with Crippen molar-refractivity contribution in [3.8, 4) is 11.8 Å². The lowest BCUT2D eigenvalue weighted by atomic mass is 9.89. The summed E-state index contributed by atoms with van der Waals surface area (Å²) >= 11 is 0. The van der Waals surface area contributed by atoms with E-state index < -0.39 is 0 Å². The minimum absolute atomic E-state index is 0.0741. The molecule has 0 spiro atoms. The number of hydrogen-bond donors (Lipinski definition) is 0. The fraction of sp³-hybridized carbons (Fsp3) is 0.250. The Morgan fingerprint density at radius 2 is 1.74 bits per heavy atom. The third kappa shape index (κ3) is 4.38. The SMILES string of the molecule is COc1ccc(C(=O)N2c3ccccc3C(N(C(C)=O)c3ccc(CC#N)cc3)CC2C)cc1. The van der Waals surface area contributed by atoms with E-state index >= 15 is 0 Å². The standard InChI is InChI=1S/C28H27N3O3/c1-19-18-27(31(20(2)32)23-12-8-21(9-13-23)16-17-29)25-6-4-5-7-26(25)30(19)28(33)22-10-14-24(34-3)15-11-22/h4-15,19,27H,16,18H2,1-3H3. The molecule has 172 valence electrons. The fourth-order valence-electron chi connectivity index (χ4n) is 4.66. The van der Waals surface area contributed by atoms with Gasteiger partial charge in [0.1, 0.15) is 5.75 Å². The molecular formula is C28H27N3O3. The lowest BCUT2D eigenvalue weighted by Crippen LogP contribution is -2.47. The second kappa shape index (κ2) is 9.80. The molecule has 3 aromatic rings. The van der Waals surface area contributed by atoms with Gasteiger partial charge in [0.15, 0.2) is 0 Å². The number of fused-ring (bicyclic) bond motifs is 1. The Bertz CT molecular complexity index is 1230. The summed E-state index contributed by atoms with van der Waals surface area (Å²) in [6.45, 7) is 3.57. The number of methoxy groups -OCH3 is 1. The van der Waals surface area contributed by atoms with Crippen molar-refractivity contribution in [3.05, 3.63) is 89.5 Å². The molecule has 2 unspecified atom stereocenters. The molecule has 0 aliphatic carbocycles. The van der Waals surface area contributed by atoms with Gasteiger partial charge >= 0.3 is 0 Å². The van der Waals surface area contributed by atoms with Gasteiger partial charge in [0, 0.05) is 29.9 Å². The molecule has 0 saturated heterocycles. The van der Waals surface area contributed by atoms with Gasteiger partial charge in [-0.1, -0.05) is 30.3 Å². The molecule has 0 N–H and O–H groups in total. The van der Waals surface area contributed by atoms with E-state index in [1.807, 2.05) is 60.4 Å². The lowest BCUT2D eigenvalue weighted by molar-refractivity contribution is -0.117. The Balaban J connectivity index is 1.72. The van der Waals surface area contributed by atoms with Gasteiger partial charge < -0.3 is 14.5 Å². The van der Waals surface area contributed by atoms with Gasteiger partial charge in [0.05, 0.1) is 25.6 Å². The predicted molar refractivity (Wildman–Crippen MR) is 132 cm³/mol. The summed E-state index contributed by atoms with van der Waals surface area (Å²) in [6, 6.07) is 24.2. The van der Waals surface area contributed by atoms with Gasteiger partial charge in [0.25, 0.3) is 5.91 Å². The van der Waals surface area contributed by atoms with Crippen LogP contribution in [-0.2, 0) is 11.2 Å². The highest BCUT2D eigenvalue weighted by Gasteiger charge is 2.38. The van der Waals surface area contributed by atoms with Gasteiger partial charge in [-0.3, -0.25) is 9.59 Å². The van der Waals surface area contributed by atoms with Gasteiger partial charge in [0.2, 0.25) is 5.91 Å². The van der Waals surface area contributed by atoms with Crippen molar-refractivity contribution in [2.75, 3.05) is 16.9 Å². The van der Waals surface area contributed by atoms with E-state index in [4.69, 9.17) is 10.00 Å². The number of ether oxygens (including phenoxy) is 1. The average Bonchev–Trinajstić information content (AvgIpc) is 2.85. The number of carbonyl (C=O) groups is 2. The van der Waals surface area contributed by atoms with Gasteiger partial charge in [-0.25, -0.2) is 0 Å². The zero-order chi connectivity index (χ0) is 24.2. The molecule has 34 heavy (non-hydrogen) atoms. The van der Waals surface area contributed by atoms with Crippen LogP contribution < -0.4 is 14.5 Å². The molecular weight excluding hydrogens is 426 g/mol. The van der Waals surface area contributed by atoms with Gasteiger partial charge in [-0.2, -0.15) is 5.26 Å². The third-order valence-corrected chi connectivity index (χ3v) is 6.26. The number of anilines is 2. The largest absolute Gasteiger partial charge is 0.497 e. The second-order valence-electron chi connectivity index (χ2n) is 8.45. The van der Waals surface area contributed by atoms with E-state index in [0.717, 1.165) is 22.5 Å². The predicted octanol–water partition coefficient (Wildman–Crippen LogP) is 5.29. The van der Waals surface area contributed by atoms with Crippen LogP contribution in [0.5, 0.6) is 5.75 Å². The number of carbonyl (C=O) groups excluding carboxylic acids is 2. The van der Waals surface area contributed by atoms with Crippen LogP contribution in [0.4, 0.5) is 11.4 Å². The minimum atomic E-state index is -0.217. The molecule has 2 amide bonds. The summed E-state index contributed by atoms with van der Waals surface area (Å²) in [7, 11) is 1.60. The average molecular weight is 454 g/mol. The number of hydrogen-bond acceptors (Lipinski definition) is 4. The van der Waals surface area contributed by atoms with Crippen molar-refractivity contribution < 1.29 is 14.3 Å². The highest BCUT2D eigenvalue weighted by Crippen LogP contribution is 2.42.